The molecule has 0 radical (unpaired) electrons. The molecule has 2 aliphatic heterocycles. The molecule has 0 unspecified atom stereocenters. The van der Waals surface area contributed by atoms with Gasteiger partial charge < -0.3 is 10.1 Å². The van der Waals surface area contributed by atoms with Gasteiger partial charge in [-0.15, -0.1) is 0 Å². The molecule has 0 spiro atoms. The number of ether oxygens (including phenoxy) is 1. The molecule has 0 bridgehead atoms. The van der Waals surface area contributed by atoms with Crippen LogP contribution in [0.4, 0.5) is 0 Å². The van der Waals surface area contributed by atoms with E-state index in [0.717, 1.165) is 12.8 Å². The van der Waals surface area contributed by atoms with Crippen LogP contribution in [-0.4, -0.2) is 91.9 Å². The summed E-state index contributed by atoms with van der Waals surface area (Å²) in [6, 6.07) is 0.350. The van der Waals surface area contributed by atoms with Gasteiger partial charge in [-0.25, -0.2) is 0 Å². The molecule has 9 heteroatoms. The Hall–Kier alpha value is -0.740. The minimum atomic E-state index is -3.45. The van der Waals surface area contributed by atoms with Gasteiger partial charge in [0.15, 0.2) is 0 Å². The van der Waals surface area contributed by atoms with E-state index < -0.39 is 10.2 Å². The molecule has 2 atom stereocenters. The van der Waals surface area contributed by atoms with Crippen molar-refractivity contribution in [3.63, 3.8) is 0 Å². The minimum Gasteiger partial charge on any atom is -0.373 e. The molecule has 1 amide bonds. The van der Waals surface area contributed by atoms with E-state index in [1.165, 1.54) is 0 Å². The molecule has 2 fully saturated rings. The third kappa shape index (κ3) is 5.63. The monoisotopic (exact) mass is 390 g/mol. The Bertz CT molecular complexity index is 565. The van der Waals surface area contributed by atoms with Crippen LogP contribution in [0, 0.1) is 0 Å². The summed E-state index contributed by atoms with van der Waals surface area (Å²) in [7, 11) is -1.52. The third-order valence-corrected chi connectivity index (χ3v) is 6.90. The summed E-state index contributed by atoms with van der Waals surface area (Å²) in [5.74, 6) is 0.00819. The number of likely N-dealkylation sites (N-methyl/N-ethyl adjacent to an activating group) is 1. The zero-order chi connectivity index (χ0) is 19.5. The summed E-state index contributed by atoms with van der Waals surface area (Å²) in [6.45, 7) is 9.82. The van der Waals surface area contributed by atoms with Gasteiger partial charge in [-0.2, -0.15) is 17.0 Å². The molecule has 0 saturated carbocycles. The summed E-state index contributed by atoms with van der Waals surface area (Å²) >= 11 is 0. The Balaban J connectivity index is 1.88. The number of hydrogen-bond donors (Lipinski definition) is 1. The Kier molecular flexibility index (Phi) is 7.43. The van der Waals surface area contributed by atoms with Gasteiger partial charge in [0.1, 0.15) is 0 Å². The molecular formula is C17H34N4O4S. The fourth-order valence-corrected chi connectivity index (χ4v) is 5.51. The number of carbonyl (C=O) groups is 1. The van der Waals surface area contributed by atoms with E-state index >= 15 is 0 Å². The molecular weight excluding hydrogens is 356 g/mol. The maximum Gasteiger partial charge on any atom is 0.282 e. The molecule has 1 N–H and O–H groups in total. The lowest BCUT2D eigenvalue weighted by Gasteiger charge is -2.40. The number of nitrogens with one attached hydrogen (secondary N) is 1. The molecule has 8 nitrogen and oxygen atoms in total. The van der Waals surface area contributed by atoms with Gasteiger partial charge >= 0.3 is 0 Å². The summed E-state index contributed by atoms with van der Waals surface area (Å²) in [5.41, 5.74) is 0. The van der Waals surface area contributed by atoms with E-state index in [0.29, 0.717) is 32.7 Å². The van der Waals surface area contributed by atoms with Crippen LogP contribution in [0.15, 0.2) is 0 Å². The number of piperidine rings is 1. The second kappa shape index (κ2) is 8.97. The number of amides is 1. The average Bonchev–Trinajstić information content (AvgIpc) is 2.53. The Labute approximate surface area is 158 Å². The first-order valence-corrected chi connectivity index (χ1v) is 10.9. The molecule has 26 heavy (non-hydrogen) atoms. The number of carbonyl (C=O) groups excluding carboxylic acids is 1. The van der Waals surface area contributed by atoms with Gasteiger partial charge in [0.05, 0.1) is 18.8 Å². The molecule has 0 aromatic heterocycles. The van der Waals surface area contributed by atoms with E-state index in [1.807, 2.05) is 39.6 Å². The summed E-state index contributed by atoms with van der Waals surface area (Å²) in [5, 5.41) is 2.89. The number of hydrogen-bond acceptors (Lipinski definition) is 5. The van der Waals surface area contributed by atoms with Crippen molar-refractivity contribution >= 4 is 16.1 Å². The van der Waals surface area contributed by atoms with Crippen LogP contribution in [-0.2, 0) is 19.7 Å². The van der Waals surface area contributed by atoms with Gasteiger partial charge in [0.2, 0.25) is 5.91 Å². The maximum atomic E-state index is 12.9. The van der Waals surface area contributed by atoms with Crippen LogP contribution in [0.1, 0.15) is 40.5 Å². The topological polar surface area (TPSA) is 82.2 Å². The molecule has 152 valence electrons. The van der Waals surface area contributed by atoms with E-state index in [9.17, 15) is 13.2 Å². The lowest BCUT2D eigenvalue weighted by molar-refractivity contribution is -0.123. The van der Waals surface area contributed by atoms with Crippen LogP contribution in [0.5, 0.6) is 0 Å². The van der Waals surface area contributed by atoms with Crippen LogP contribution in [0.25, 0.3) is 0 Å². The highest BCUT2D eigenvalue weighted by atomic mass is 32.2. The first kappa shape index (κ1) is 21.6. The molecule has 0 aromatic carbocycles. The van der Waals surface area contributed by atoms with Crippen molar-refractivity contribution in [3.05, 3.63) is 0 Å². The number of rotatable bonds is 6. The molecule has 0 aliphatic carbocycles. The lowest BCUT2D eigenvalue weighted by Crippen LogP contribution is -2.55. The van der Waals surface area contributed by atoms with Crippen LogP contribution >= 0.6 is 0 Å². The van der Waals surface area contributed by atoms with Crippen molar-refractivity contribution < 1.29 is 17.9 Å². The van der Waals surface area contributed by atoms with Gasteiger partial charge in [-0.3, -0.25) is 9.69 Å². The van der Waals surface area contributed by atoms with Gasteiger partial charge in [0.25, 0.3) is 10.2 Å². The highest BCUT2D eigenvalue weighted by molar-refractivity contribution is 7.86. The van der Waals surface area contributed by atoms with Crippen LogP contribution in [0.3, 0.4) is 0 Å². The summed E-state index contributed by atoms with van der Waals surface area (Å²) in [4.78, 5) is 13.9. The Morgan fingerprint density at radius 1 is 1.15 bits per heavy atom. The van der Waals surface area contributed by atoms with Crippen molar-refractivity contribution in [2.45, 2.75) is 64.8 Å². The smallest absolute Gasteiger partial charge is 0.282 e. The fraction of sp³-hybridized carbons (Fsp3) is 0.941. The van der Waals surface area contributed by atoms with Crippen LogP contribution in [0.2, 0.25) is 0 Å². The Morgan fingerprint density at radius 3 is 2.19 bits per heavy atom. The lowest BCUT2D eigenvalue weighted by atomic mass is 10.1. The van der Waals surface area contributed by atoms with E-state index in [4.69, 9.17) is 4.74 Å². The fourth-order valence-electron chi connectivity index (χ4n) is 3.72. The number of morpholine rings is 1. The van der Waals surface area contributed by atoms with Crippen molar-refractivity contribution in [1.82, 2.24) is 18.8 Å². The Morgan fingerprint density at radius 2 is 1.69 bits per heavy atom. The van der Waals surface area contributed by atoms with E-state index in [2.05, 4.69) is 5.32 Å². The van der Waals surface area contributed by atoms with Gasteiger partial charge in [-0.05, 0) is 47.6 Å². The molecule has 0 aromatic rings. The van der Waals surface area contributed by atoms with Crippen molar-refractivity contribution in [3.8, 4) is 0 Å². The van der Waals surface area contributed by atoms with Crippen molar-refractivity contribution in [1.29, 1.82) is 0 Å². The second-order valence-electron chi connectivity index (χ2n) is 7.85. The van der Waals surface area contributed by atoms with E-state index in [-0.39, 0.29) is 30.2 Å². The highest BCUT2D eigenvalue weighted by Crippen LogP contribution is 2.22. The largest absolute Gasteiger partial charge is 0.373 e. The molecule has 2 heterocycles. The van der Waals surface area contributed by atoms with Crippen molar-refractivity contribution in [2.24, 2.45) is 0 Å². The van der Waals surface area contributed by atoms with Crippen molar-refractivity contribution in [2.75, 3.05) is 39.8 Å². The first-order chi connectivity index (χ1) is 12.1. The summed E-state index contributed by atoms with van der Waals surface area (Å²) in [6.07, 6.45) is 1.30. The third-order valence-electron chi connectivity index (χ3n) is 4.93. The second-order valence-corrected chi connectivity index (χ2v) is 9.78. The maximum absolute atomic E-state index is 12.9. The van der Waals surface area contributed by atoms with Gasteiger partial charge in [0, 0.05) is 38.3 Å². The quantitative estimate of drug-likeness (QED) is 0.704. The predicted molar refractivity (Wildman–Crippen MR) is 101 cm³/mol. The molecule has 2 saturated heterocycles. The molecule has 2 rings (SSSR count). The van der Waals surface area contributed by atoms with E-state index in [1.54, 1.807) is 8.61 Å². The summed E-state index contributed by atoms with van der Waals surface area (Å²) < 4.78 is 34.6. The predicted octanol–water partition coefficient (Wildman–Crippen LogP) is 0.261. The molecule has 2 aliphatic rings. The van der Waals surface area contributed by atoms with Gasteiger partial charge in [-0.1, -0.05) is 0 Å². The van der Waals surface area contributed by atoms with Crippen LogP contribution < -0.4 is 5.32 Å². The first-order valence-electron chi connectivity index (χ1n) is 9.50. The average molecular weight is 391 g/mol. The zero-order valence-electron chi connectivity index (χ0n) is 16.6. The zero-order valence-corrected chi connectivity index (χ0v) is 17.5. The minimum absolute atomic E-state index is 0.00819. The SMILES string of the molecule is CC(C)NC(=O)CN(C)C1CCN(S(=O)(=O)N2C[C@@H](C)O[C@H](C)C2)CC1. The highest BCUT2D eigenvalue weighted by Gasteiger charge is 2.37. The normalized spacial score (nSPS) is 27.2. The standard InChI is InChI=1S/C17H34N4O4S/c1-13(2)18-17(22)12-19(5)16-6-8-20(9-7-16)26(23,24)21-10-14(3)25-15(4)11-21/h13-16H,6-12H2,1-5H3,(H,18,22)/t14-,15-/m1/s1. The number of nitrogens with zero attached hydrogens (tertiary/aromatic N) is 3.